The first-order valence-electron chi connectivity index (χ1n) is 7.68. The van der Waals surface area contributed by atoms with Gasteiger partial charge < -0.3 is 5.32 Å². The second-order valence-corrected chi connectivity index (χ2v) is 7.57. The van der Waals surface area contributed by atoms with E-state index in [1.165, 1.54) is 4.57 Å². The number of H-pyrrole nitrogens is 1. The quantitative estimate of drug-likeness (QED) is 0.742. The zero-order valence-electron chi connectivity index (χ0n) is 13.4. The molecule has 2 N–H and O–H groups in total. The highest BCUT2D eigenvalue weighted by molar-refractivity contribution is 8.00. The van der Waals surface area contributed by atoms with Crippen LogP contribution in [-0.2, 0) is 11.0 Å². The van der Waals surface area contributed by atoms with E-state index in [0.717, 1.165) is 42.8 Å². The van der Waals surface area contributed by atoms with E-state index in [2.05, 4.69) is 15.5 Å². The van der Waals surface area contributed by atoms with Gasteiger partial charge in [-0.25, -0.2) is 9.89 Å². The number of alkyl halides is 3. The van der Waals surface area contributed by atoms with Gasteiger partial charge in [-0.2, -0.15) is 13.2 Å². The van der Waals surface area contributed by atoms with Gasteiger partial charge in [0.2, 0.25) is 5.91 Å². The Morgan fingerprint density at radius 2 is 2.15 bits per heavy atom. The second-order valence-electron chi connectivity index (χ2n) is 5.85. The fourth-order valence-electron chi connectivity index (χ4n) is 2.27. The summed E-state index contributed by atoms with van der Waals surface area (Å²) in [6.07, 6.45) is -2.80. The zero-order chi connectivity index (χ0) is 19.1. The number of nitrogens with zero attached hydrogens (tertiary/aromatic N) is 2. The summed E-state index contributed by atoms with van der Waals surface area (Å²) in [6.45, 7) is 1.57. The first-order valence-corrected chi connectivity index (χ1v) is 8.93. The molecule has 6 nitrogen and oxygen atoms in total. The van der Waals surface area contributed by atoms with Gasteiger partial charge >= 0.3 is 11.9 Å². The Balaban J connectivity index is 1.73. The molecule has 1 fully saturated rings. The molecule has 26 heavy (non-hydrogen) atoms. The number of carbonyl (C=O) groups is 1. The summed E-state index contributed by atoms with van der Waals surface area (Å²) < 4.78 is 39.9. The van der Waals surface area contributed by atoms with E-state index in [1.807, 2.05) is 0 Å². The number of anilines is 1. The third-order valence-corrected chi connectivity index (χ3v) is 5.18. The normalized spacial score (nSPS) is 15.7. The van der Waals surface area contributed by atoms with Crippen LogP contribution in [0.3, 0.4) is 0 Å². The van der Waals surface area contributed by atoms with Gasteiger partial charge in [-0.1, -0.05) is 23.4 Å². The van der Waals surface area contributed by atoms with Crippen molar-refractivity contribution in [2.75, 3.05) is 5.32 Å². The van der Waals surface area contributed by atoms with Crippen LogP contribution >= 0.6 is 23.4 Å². The highest BCUT2D eigenvalue weighted by atomic mass is 35.5. The van der Waals surface area contributed by atoms with Crippen molar-refractivity contribution < 1.29 is 18.0 Å². The van der Waals surface area contributed by atoms with Crippen molar-refractivity contribution in [1.29, 1.82) is 0 Å². The fourth-order valence-corrected chi connectivity index (χ4v) is 3.36. The molecule has 3 rings (SSSR count). The molecule has 0 spiro atoms. The van der Waals surface area contributed by atoms with Crippen molar-refractivity contribution in [1.82, 2.24) is 14.8 Å². The standard InChI is InChI=1S/C15H14ClF3N4O2S/c1-7(26-14-22-21-13(25)23(14)9-3-4-9)12(24)20-11-6-8(15(17,18)19)2-5-10(11)16/h2,5-7,9H,3-4H2,1H3,(H,20,24)(H,21,25)/t7-/m0/s1. The molecule has 1 amide bonds. The molecule has 2 aromatic rings. The largest absolute Gasteiger partial charge is 0.416 e. The van der Waals surface area contributed by atoms with E-state index in [1.54, 1.807) is 6.92 Å². The van der Waals surface area contributed by atoms with Crippen molar-refractivity contribution in [3.05, 3.63) is 39.3 Å². The van der Waals surface area contributed by atoms with Crippen molar-refractivity contribution in [3.63, 3.8) is 0 Å². The summed E-state index contributed by atoms with van der Waals surface area (Å²) in [5.74, 6) is -0.547. The summed E-state index contributed by atoms with van der Waals surface area (Å²) in [4.78, 5) is 24.1. The minimum Gasteiger partial charge on any atom is -0.324 e. The number of aromatic nitrogens is 3. The second kappa shape index (κ2) is 6.99. The molecular weight excluding hydrogens is 393 g/mol. The Morgan fingerprint density at radius 1 is 1.46 bits per heavy atom. The Morgan fingerprint density at radius 3 is 2.77 bits per heavy atom. The number of aromatic amines is 1. The number of carbonyl (C=O) groups excluding carboxylic acids is 1. The van der Waals surface area contributed by atoms with Crippen LogP contribution in [0.25, 0.3) is 0 Å². The number of hydrogen-bond acceptors (Lipinski definition) is 4. The maximum atomic E-state index is 12.8. The smallest absolute Gasteiger partial charge is 0.324 e. The maximum absolute atomic E-state index is 12.8. The lowest BCUT2D eigenvalue weighted by Gasteiger charge is -2.14. The predicted octanol–water partition coefficient (Wildman–Crippen LogP) is 3.70. The van der Waals surface area contributed by atoms with Crippen LogP contribution in [0.2, 0.25) is 5.02 Å². The number of hydrogen-bond donors (Lipinski definition) is 2. The van der Waals surface area contributed by atoms with Crippen molar-refractivity contribution >= 4 is 35.0 Å². The van der Waals surface area contributed by atoms with Crippen LogP contribution in [0.4, 0.5) is 18.9 Å². The van der Waals surface area contributed by atoms with Crippen LogP contribution in [0.5, 0.6) is 0 Å². The van der Waals surface area contributed by atoms with E-state index in [9.17, 15) is 22.8 Å². The number of halogens is 4. The molecule has 0 saturated heterocycles. The van der Waals surface area contributed by atoms with E-state index in [0.29, 0.717) is 5.16 Å². The first kappa shape index (κ1) is 18.8. The fraction of sp³-hybridized carbons (Fsp3) is 0.400. The predicted molar refractivity (Wildman–Crippen MR) is 91.5 cm³/mol. The van der Waals surface area contributed by atoms with Gasteiger partial charge in [0.15, 0.2) is 5.16 Å². The lowest BCUT2D eigenvalue weighted by molar-refractivity contribution is -0.137. The molecule has 140 valence electrons. The average molecular weight is 407 g/mol. The molecule has 1 saturated carbocycles. The molecular formula is C15H14ClF3N4O2S. The number of rotatable bonds is 5. The highest BCUT2D eigenvalue weighted by Crippen LogP contribution is 2.37. The van der Waals surface area contributed by atoms with Gasteiger partial charge in [-0.3, -0.25) is 9.36 Å². The van der Waals surface area contributed by atoms with Gasteiger partial charge in [0.05, 0.1) is 21.5 Å². The van der Waals surface area contributed by atoms with Crippen LogP contribution in [0, 0.1) is 0 Å². The Kier molecular flexibility index (Phi) is 5.07. The minimum absolute atomic E-state index is 0.00166. The molecule has 1 aromatic heterocycles. The minimum atomic E-state index is -4.54. The first-order chi connectivity index (χ1) is 12.2. The zero-order valence-corrected chi connectivity index (χ0v) is 15.0. The lowest BCUT2D eigenvalue weighted by Crippen LogP contribution is -2.24. The number of thioether (sulfide) groups is 1. The summed E-state index contributed by atoms with van der Waals surface area (Å²) in [7, 11) is 0. The summed E-state index contributed by atoms with van der Waals surface area (Å²) in [5, 5.41) is 8.31. The molecule has 0 bridgehead atoms. The maximum Gasteiger partial charge on any atom is 0.416 e. The summed E-state index contributed by atoms with van der Waals surface area (Å²) in [5.41, 5.74) is -1.38. The number of amides is 1. The topological polar surface area (TPSA) is 79.8 Å². The SMILES string of the molecule is C[C@H](Sc1n[nH]c(=O)n1C1CC1)C(=O)Nc1cc(C(F)(F)F)ccc1Cl. The van der Waals surface area contributed by atoms with Crippen LogP contribution in [0.15, 0.2) is 28.2 Å². The third kappa shape index (κ3) is 4.07. The van der Waals surface area contributed by atoms with Crippen molar-refractivity contribution in [2.45, 2.75) is 42.4 Å². The van der Waals surface area contributed by atoms with E-state index < -0.39 is 22.9 Å². The highest BCUT2D eigenvalue weighted by Gasteiger charge is 2.32. The lowest BCUT2D eigenvalue weighted by atomic mass is 10.2. The van der Waals surface area contributed by atoms with E-state index in [4.69, 9.17) is 11.6 Å². The van der Waals surface area contributed by atoms with Crippen LogP contribution < -0.4 is 11.0 Å². The van der Waals surface area contributed by atoms with Crippen LogP contribution in [0.1, 0.15) is 31.4 Å². The molecule has 1 aliphatic rings. The number of benzene rings is 1. The van der Waals surface area contributed by atoms with Crippen molar-refractivity contribution in [2.24, 2.45) is 0 Å². The molecule has 0 unspecified atom stereocenters. The van der Waals surface area contributed by atoms with Gasteiger partial charge in [0, 0.05) is 6.04 Å². The molecule has 1 atom stereocenters. The van der Waals surface area contributed by atoms with Crippen molar-refractivity contribution in [3.8, 4) is 0 Å². The van der Waals surface area contributed by atoms with E-state index in [-0.39, 0.29) is 22.4 Å². The Bertz CT molecular complexity index is 892. The summed E-state index contributed by atoms with van der Waals surface area (Å²) in [6, 6.07) is 2.79. The Hall–Kier alpha value is -1.94. The van der Waals surface area contributed by atoms with Gasteiger partial charge in [0.1, 0.15) is 0 Å². The molecule has 11 heteroatoms. The third-order valence-electron chi connectivity index (χ3n) is 3.79. The van der Waals surface area contributed by atoms with Gasteiger partial charge in [-0.15, -0.1) is 5.10 Å². The average Bonchev–Trinajstić information content (AvgIpc) is 3.32. The Labute approximate surface area is 155 Å². The monoisotopic (exact) mass is 406 g/mol. The molecule has 1 aromatic carbocycles. The van der Waals surface area contributed by atoms with Gasteiger partial charge in [-0.05, 0) is 38.0 Å². The van der Waals surface area contributed by atoms with Crippen LogP contribution in [-0.4, -0.2) is 25.9 Å². The van der Waals surface area contributed by atoms with Gasteiger partial charge in [0.25, 0.3) is 0 Å². The molecule has 1 aliphatic carbocycles. The van der Waals surface area contributed by atoms with E-state index >= 15 is 0 Å². The summed E-state index contributed by atoms with van der Waals surface area (Å²) >= 11 is 6.93. The number of nitrogens with one attached hydrogen (secondary N) is 2. The molecule has 0 radical (unpaired) electrons. The molecule has 0 aliphatic heterocycles. The molecule has 1 heterocycles.